The fourth-order valence-corrected chi connectivity index (χ4v) is 3.82. The average molecular weight is 433 g/mol. The molecular weight excluding hydrogens is 409 g/mol. The summed E-state index contributed by atoms with van der Waals surface area (Å²) in [4.78, 5) is 36.7. The van der Waals surface area contributed by atoms with Crippen LogP contribution in [-0.4, -0.2) is 57.9 Å². The van der Waals surface area contributed by atoms with E-state index in [0.29, 0.717) is 37.3 Å². The van der Waals surface area contributed by atoms with Crippen LogP contribution in [0.25, 0.3) is 11.1 Å². The van der Waals surface area contributed by atoms with Gasteiger partial charge in [0.25, 0.3) is 5.91 Å². The zero-order chi connectivity index (χ0) is 22.5. The van der Waals surface area contributed by atoms with Crippen LogP contribution in [0.3, 0.4) is 0 Å². The lowest BCUT2D eigenvalue weighted by atomic mass is 10.0. The molecule has 7 nitrogen and oxygen atoms in total. The number of nitrogens with zero attached hydrogens (tertiary/aromatic N) is 4. The Hall–Kier alpha value is -3.81. The van der Waals surface area contributed by atoms with Crippen molar-refractivity contribution in [3.63, 3.8) is 0 Å². The highest BCUT2D eigenvalue weighted by Crippen LogP contribution is 2.23. The molecule has 0 aliphatic carbocycles. The highest BCUT2D eigenvalue weighted by molar-refractivity contribution is 5.92. The van der Waals surface area contributed by atoms with E-state index in [4.69, 9.17) is 0 Å². The van der Waals surface area contributed by atoms with Crippen molar-refractivity contribution in [3.8, 4) is 11.1 Å². The molecule has 1 N–H and O–H groups in total. The Morgan fingerprint density at radius 2 is 1.81 bits per heavy atom. The van der Waals surface area contributed by atoms with Gasteiger partial charge in [-0.15, -0.1) is 0 Å². The van der Waals surface area contributed by atoms with E-state index in [-0.39, 0.29) is 23.8 Å². The summed E-state index contributed by atoms with van der Waals surface area (Å²) in [6.45, 7) is 1.11. The number of nitrogens with one attached hydrogen (secondary N) is 1. The van der Waals surface area contributed by atoms with Crippen LogP contribution in [-0.2, 0) is 0 Å². The van der Waals surface area contributed by atoms with E-state index < -0.39 is 0 Å². The molecule has 0 saturated carbocycles. The third-order valence-corrected chi connectivity index (χ3v) is 5.70. The second kappa shape index (κ2) is 9.55. The van der Waals surface area contributed by atoms with Crippen LogP contribution < -0.4 is 5.32 Å². The molecule has 0 spiro atoms. The fourth-order valence-electron chi connectivity index (χ4n) is 3.82. The van der Waals surface area contributed by atoms with Crippen LogP contribution in [0, 0.1) is 5.82 Å². The summed E-state index contributed by atoms with van der Waals surface area (Å²) >= 11 is 0. The molecule has 32 heavy (non-hydrogen) atoms. The number of carbonyl (C=O) groups is 2. The number of carbonyl (C=O) groups excluding carboxylic acids is 2. The maximum Gasteiger partial charge on any atom is 0.321 e. The Labute approximate surface area is 185 Å². The summed E-state index contributed by atoms with van der Waals surface area (Å²) in [5, 5.41) is 2.90. The Kier molecular flexibility index (Phi) is 6.39. The van der Waals surface area contributed by atoms with Crippen LogP contribution in [0.4, 0.5) is 14.9 Å². The molecule has 2 aromatic carbocycles. The highest BCUT2D eigenvalue weighted by Gasteiger charge is 2.28. The summed E-state index contributed by atoms with van der Waals surface area (Å²) in [6, 6.07) is 13.5. The first-order valence-electron chi connectivity index (χ1n) is 10.5. The quantitative estimate of drug-likeness (QED) is 0.673. The molecule has 1 aliphatic rings. The van der Waals surface area contributed by atoms with Crippen LogP contribution >= 0.6 is 0 Å². The number of amides is 3. The SMILES string of the molecule is CN(C(=O)Nc1ccc(-c2cccc(F)c2)cc1)C1CCN(C(=O)c2cnccn2)CC1. The minimum atomic E-state index is -0.286. The first-order valence-corrected chi connectivity index (χ1v) is 10.5. The predicted octanol–water partition coefficient (Wildman–Crippen LogP) is 4.05. The maximum absolute atomic E-state index is 13.4. The second-order valence-electron chi connectivity index (χ2n) is 7.74. The molecule has 8 heteroatoms. The van der Waals surface area contributed by atoms with E-state index in [2.05, 4.69) is 15.3 Å². The molecule has 0 atom stereocenters. The Bertz CT molecular complexity index is 1080. The minimum absolute atomic E-state index is 0.0347. The van der Waals surface area contributed by atoms with Gasteiger partial charge in [-0.1, -0.05) is 24.3 Å². The first kappa shape index (κ1) is 21.4. The molecule has 1 fully saturated rings. The number of hydrogen-bond acceptors (Lipinski definition) is 4. The van der Waals surface area contributed by atoms with Crippen molar-refractivity contribution in [3.05, 3.63) is 78.6 Å². The van der Waals surface area contributed by atoms with Crippen molar-refractivity contribution >= 4 is 17.6 Å². The van der Waals surface area contributed by atoms with Gasteiger partial charge in [-0.3, -0.25) is 9.78 Å². The van der Waals surface area contributed by atoms with Crippen molar-refractivity contribution in [2.75, 3.05) is 25.5 Å². The number of rotatable bonds is 4. The monoisotopic (exact) mass is 433 g/mol. The number of benzene rings is 2. The maximum atomic E-state index is 13.4. The van der Waals surface area contributed by atoms with Gasteiger partial charge in [0.05, 0.1) is 6.20 Å². The van der Waals surface area contributed by atoms with Crippen LogP contribution in [0.2, 0.25) is 0 Å². The van der Waals surface area contributed by atoms with Crippen molar-refractivity contribution in [2.45, 2.75) is 18.9 Å². The van der Waals surface area contributed by atoms with Gasteiger partial charge in [0.2, 0.25) is 0 Å². The lowest BCUT2D eigenvalue weighted by Gasteiger charge is -2.36. The Morgan fingerprint density at radius 3 is 2.47 bits per heavy atom. The number of halogens is 1. The molecule has 2 heterocycles. The molecule has 0 unspecified atom stereocenters. The normalized spacial score (nSPS) is 14.1. The van der Waals surface area contributed by atoms with Crippen LogP contribution in [0.15, 0.2) is 67.1 Å². The van der Waals surface area contributed by atoms with Crippen molar-refractivity contribution in [2.24, 2.45) is 0 Å². The topological polar surface area (TPSA) is 78.4 Å². The fraction of sp³-hybridized carbons (Fsp3) is 0.250. The zero-order valence-electron chi connectivity index (χ0n) is 17.7. The van der Waals surface area contributed by atoms with Gasteiger partial charge in [0, 0.05) is 44.3 Å². The van der Waals surface area contributed by atoms with Crippen LogP contribution in [0.1, 0.15) is 23.3 Å². The van der Waals surface area contributed by atoms with E-state index >= 15 is 0 Å². The number of hydrogen-bond donors (Lipinski definition) is 1. The van der Waals surface area contributed by atoms with E-state index in [1.807, 2.05) is 18.2 Å². The van der Waals surface area contributed by atoms with Gasteiger partial charge in [-0.25, -0.2) is 14.2 Å². The van der Waals surface area contributed by atoms with Crippen molar-refractivity contribution in [1.29, 1.82) is 0 Å². The zero-order valence-corrected chi connectivity index (χ0v) is 17.7. The third-order valence-electron chi connectivity index (χ3n) is 5.70. The van der Waals surface area contributed by atoms with Gasteiger partial charge < -0.3 is 15.1 Å². The Morgan fingerprint density at radius 1 is 1.06 bits per heavy atom. The molecule has 3 amide bonds. The number of piperidine rings is 1. The van der Waals surface area contributed by atoms with E-state index in [1.54, 1.807) is 35.0 Å². The van der Waals surface area contributed by atoms with Gasteiger partial charge in [0.1, 0.15) is 11.5 Å². The molecule has 1 aliphatic heterocycles. The molecular formula is C24H24FN5O2. The Balaban J connectivity index is 1.31. The molecule has 164 valence electrons. The van der Waals surface area contributed by atoms with Gasteiger partial charge in [-0.2, -0.15) is 0 Å². The largest absolute Gasteiger partial charge is 0.337 e. The molecule has 1 aromatic heterocycles. The number of anilines is 1. The van der Waals surface area contributed by atoms with E-state index in [0.717, 1.165) is 11.1 Å². The molecule has 1 saturated heterocycles. The predicted molar refractivity (Wildman–Crippen MR) is 120 cm³/mol. The number of urea groups is 1. The summed E-state index contributed by atoms with van der Waals surface area (Å²) in [6.07, 6.45) is 5.88. The van der Waals surface area contributed by atoms with Gasteiger partial charge >= 0.3 is 6.03 Å². The molecule has 0 radical (unpaired) electrons. The van der Waals surface area contributed by atoms with Crippen molar-refractivity contribution in [1.82, 2.24) is 19.8 Å². The second-order valence-corrected chi connectivity index (χ2v) is 7.74. The highest BCUT2D eigenvalue weighted by atomic mass is 19.1. The summed E-state index contributed by atoms with van der Waals surface area (Å²) < 4.78 is 13.4. The summed E-state index contributed by atoms with van der Waals surface area (Å²) in [5.74, 6) is -0.423. The first-order chi connectivity index (χ1) is 15.5. The van der Waals surface area contributed by atoms with Crippen LogP contribution in [0.5, 0.6) is 0 Å². The smallest absolute Gasteiger partial charge is 0.321 e. The standard InChI is InChI=1S/C24H24FN5O2/c1-29(21-9-13-30(14-10-21)23(31)22-16-26-11-12-27-22)24(32)28-20-7-5-17(6-8-20)18-3-2-4-19(25)15-18/h2-8,11-12,15-16,21H,9-10,13-14H2,1H3,(H,28,32). The average Bonchev–Trinajstić information content (AvgIpc) is 2.84. The lowest BCUT2D eigenvalue weighted by Crippen LogP contribution is -2.48. The van der Waals surface area contributed by atoms with Gasteiger partial charge in [0.15, 0.2) is 0 Å². The molecule has 0 bridgehead atoms. The van der Waals surface area contributed by atoms with Gasteiger partial charge in [-0.05, 0) is 48.2 Å². The lowest BCUT2D eigenvalue weighted by molar-refractivity contribution is 0.0665. The minimum Gasteiger partial charge on any atom is -0.337 e. The van der Waals surface area contributed by atoms with E-state index in [1.165, 1.54) is 30.7 Å². The van der Waals surface area contributed by atoms with Crippen molar-refractivity contribution < 1.29 is 14.0 Å². The molecule has 3 aromatic rings. The van der Waals surface area contributed by atoms with E-state index in [9.17, 15) is 14.0 Å². The number of aromatic nitrogens is 2. The molecule has 4 rings (SSSR count). The summed E-state index contributed by atoms with van der Waals surface area (Å²) in [7, 11) is 1.77. The summed E-state index contributed by atoms with van der Waals surface area (Å²) in [5.41, 5.74) is 2.65. The number of likely N-dealkylation sites (tertiary alicyclic amines) is 1. The third kappa shape index (κ3) is 4.91.